The third-order valence-corrected chi connectivity index (χ3v) is 9.10. The minimum Gasteiger partial charge on any atom is -0.392 e. The molecule has 2 N–H and O–H groups in total. The zero-order chi connectivity index (χ0) is 33.3. The number of hydrogen-bond donors (Lipinski definition) is 2. The molecule has 1 aliphatic heterocycles. The van der Waals surface area contributed by atoms with E-state index in [1.807, 2.05) is 30.3 Å². The van der Waals surface area contributed by atoms with E-state index in [2.05, 4.69) is 120 Å². The number of carbonyl (C=O) groups excluding carboxylic acids is 1. The van der Waals surface area contributed by atoms with Gasteiger partial charge in [0, 0.05) is 44.6 Å². The number of rotatable bonds is 12. The number of amides is 1. The molecule has 1 amide bonds. The van der Waals surface area contributed by atoms with E-state index in [-0.39, 0.29) is 30.6 Å². The Morgan fingerprint density at radius 3 is 1.90 bits per heavy atom. The largest absolute Gasteiger partial charge is 0.392 e. The first-order chi connectivity index (χ1) is 23.5. The van der Waals surface area contributed by atoms with Crippen LogP contribution in [0.25, 0.3) is 11.1 Å². The average Bonchev–Trinajstić information content (AvgIpc) is 3.12. The average molecular weight is 641 g/mol. The van der Waals surface area contributed by atoms with Crippen molar-refractivity contribution in [3.63, 3.8) is 0 Å². The summed E-state index contributed by atoms with van der Waals surface area (Å²) in [6.07, 6.45) is -0.876. The molecule has 0 spiro atoms. The maximum Gasteiger partial charge on any atom is 0.217 e. The molecule has 48 heavy (non-hydrogen) atoms. The van der Waals surface area contributed by atoms with Gasteiger partial charge >= 0.3 is 0 Å². The van der Waals surface area contributed by atoms with Crippen LogP contribution in [0.5, 0.6) is 0 Å². The van der Waals surface area contributed by atoms with Gasteiger partial charge in [0.1, 0.15) is 0 Å². The van der Waals surface area contributed by atoms with Crippen LogP contribution in [0, 0.1) is 5.92 Å². The molecule has 1 heterocycles. The molecule has 6 rings (SSSR count). The SMILES string of the molecule is CC(=O)NCc1ccccc1-c1ccc(C2OC(CN(Cc3ccccc3)Cc3ccccc3)C(C)C(c3ccc(CO)cc3)O2)cc1. The summed E-state index contributed by atoms with van der Waals surface area (Å²) in [5, 5.41) is 12.6. The number of carbonyl (C=O) groups is 1. The molecule has 0 bridgehead atoms. The fraction of sp³-hybridized carbons (Fsp3) is 0.262. The van der Waals surface area contributed by atoms with Crippen LogP contribution in [0.15, 0.2) is 133 Å². The van der Waals surface area contributed by atoms with E-state index in [1.165, 1.54) is 18.1 Å². The number of hydrogen-bond acceptors (Lipinski definition) is 5. The second-order valence-electron chi connectivity index (χ2n) is 12.7. The maximum absolute atomic E-state index is 11.6. The van der Waals surface area contributed by atoms with Crippen molar-refractivity contribution in [1.29, 1.82) is 0 Å². The van der Waals surface area contributed by atoms with E-state index in [0.717, 1.165) is 53.0 Å². The Labute approximate surface area is 284 Å². The number of nitrogens with one attached hydrogen (secondary N) is 1. The summed E-state index contributed by atoms with van der Waals surface area (Å²) < 4.78 is 13.6. The third kappa shape index (κ3) is 8.46. The topological polar surface area (TPSA) is 71.0 Å². The molecule has 1 aliphatic rings. The summed E-state index contributed by atoms with van der Waals surface area (Å²) in [5.41, 5.74) is 8.61. The fourth-order valence-electron chi connectivity index (χ4n) is 6.45. The van der Waals surface area contributed by atoms with Gasteiger partial charge in [0.05, 0.1) is 18.8 Å². The van der Waals surface area contributed by atoms with Gasteiger partial charge in [-0.05, 0) is 38.9 Å². The molecular formula is C42H44N2O4. The summed E-state index contributed by atoms with van der Waals surface area (Å²) in [5.74, 6) is 0.0115. The van der Waals surface area contributed by atoms with Crippen LogP contribution in [-0.2, 0) is 40.5 Å². The van der Waals surface area contributed by atoms with E-state index in [4.69, 9.17) is 9.47 Å². The summed E-state index contributed by atoms with van der Waals surface area (Å²) in [6, 6.07) is 45.7. The van der Waals surface area contributed by atoms with Crippen LogP contribution >= 0.6 is 0 Å². The number of ether oxygens (including phenoxy) is 2. The highest BCUT2D eigenvalue weighted by Crippen LogP contribution is 2.42. The molecule has 6 nitrogen and oxygen atoms in total. The van der Waals surface area contributed by atoms with Gasteiger partial charge in [0.2, 0.25) is 5.91 Å². The van der Waals surface area contributed by atoms with Gasteiger partial charge in [-0.15, -0.1) is 0 Å². The molecule has 246 valence electrons. The predicted molar refractivity (Wildman–Crippen MR) is 189 cm³/mol. The van der Waals surface area contributed by atoms with Crippen molar-refractivity contribution < 1.29 is 19.4 Å². The van der Waals surface area contributed by atoms with Gasteiger partial charge in [-0.25, -0.2) is 0 Å². The van der Waals surface area contributed by atoms with Crippen molar-refractivity contribution in [3.8, 4) is 11.1 Å². The van der Waals surface area contributed by atoms with Crippen LogP contribution in [0.4, 0.5) is 0 Å². The molecule has 4 unspecified atom stereocenters. The van der Waals surface area contributed by atoms with Crippen molar-refractivity contribution in [2.45, 2.75) is 58.6 Å². The quantitative estimate of drug-likeness (QED) is 0.145. The Morgan fingerprint density at radius 1 is 0.708 bits per heavy atom. The van der Waals surface area contributed by atoms with Crippen LogP contribution < -0.4 is 5.32 Å². The van der Waals surface area contributed by atoms with Gasteiger partial charge < -0.3 is 19.9 Å². The van der Waals surface area contributed by atoms with Crippen LogP contribution in [0.1, 0.15) is 59.6 Å². The first-order valence-corrected chi connectivity index (χ1v) is 16.7. The van der Waals surface area contributed by atoms with Gasteiger partial charge in [0.15, 0.2) is 6.29 Å². The molecule has 1 saturated heterocycles. The standard InChI is InChI=1S/C42H44N2O4/c1-30-40(28-44(26-32-11-5-3-6-12-32)27-33-13-7-4-8-14-33)47-42(48-41(30)36-19-17-34(29-45)18-20-36)37-23-21-35(22-24-37)39-16-10-9-15-38(39)25-43-31(2)46/h3-24,30,40-42,45H,25-29H2,1-2H3,(H,43,46). The minimum atomic E-state index is -0.562. The molecule has 1 fully saturated rings. The lowest BCUT2D eigenvalue weighted by atomic mass is 9.89. The highest BCUT2D eigenvalue weighted by Gasteiger charge is 2.39. The van der Waals surface area contributed by atoms with Gasteiger partial charge in [-0.1, -0.05) is 140 Å². The molecule has 0 radical (unpaired) electrons. The molecular weight excluding hydrogens is 596 g/mol. The predicted octanol–water partition coefficient (Wildman–Crippen LogP) is 7.98. The van der Waals surface area contributed by atoms with Crippen molar-refractivity contribution in [1.82, 2.24) is 10.2 Å². The third-order valence-electron chi connectivity index (χ3n) is 9.10. The smallest absolute Gasteiger partial charge is 0.217 e. The second kappa shape index (κ2) is 16.0. The molecule has 6 heteroatoms. The number of aliphatic hydroxyl groups is 1. The van der Waals surface area contributed by atoms with Gasteiger partial charge in [-0.3, -0.25) is 9.69 Å². The number of benzene rings is 5. The molecule has 0 aromatic heterocycles. The van der Waals surface area contributed by atoms with E-state index in [9.17, 15) is 9.90 Å². The Hall–Kier alpha value is -4.59. The highest BCUT2D eigenvalue weighted by molar-refractivity contribution is 5.74. The molecule has 4 atom stereocenters. The Bertz CT molecular complexity index is 1700. The van der Waals surface area contributed by atoms with E-state index < -0.39 is 6.29 Å². The molecule has 0 aliphatic carbocycles. The van der Waals surface area contributed by atoms with Crippen molar-refractivity contribution in [2.24, 2.45) is 5.92 Å². The van der Waals surface area contributed by atoms with Crippen molar-refractivity contribution in [3.05, 3.63) is 167 Å². The lowest BCUT2D eigenvalue weighted by Crippen LogP contribution is -2.44. The fourth-order valence-corrected chi connectivity index (χ4v) is 6.45. The summed E-state index contributed by atoms with van der Waals surface area (Å²) in [7, 11) is 0. The number of nitrogens with zero attached hydrogens (tertiary/aromatic N) is 1. The van der Waals surface area contributed by atoms with E-state index >= 15 is 0 Å². The van der Waals surface area contributed by atoms with Gasteiger partial charge in [0.25, 0.3) is 0 Å². The Balaban J connectivity index is 1.29. The Morgan fingerprint density at radius 2 is 1.29 bits per heavy atom. The maximum atomic E-state index is 11.6. The minimum absolute atomic E-state index is 0.00391. The first kappa shape index (κ1) is 33.3. The zero-order valence-electron chi connectivity index (χ0n) is 27.7. The van der Waals surface area contributed by atoms with Crippen molar-refractivity contribution in [2.75, 3.05) is 6.54 Å². The molecule has 5 aromatic rings. The first-order valence-electron chi connectivity index (χ1n) is 16.7. The number of aliphatic hydroxyl groups excluding tert-OH is 1. The summed E-state index contributed by atoms with van der Waals surface area (Å²) >= 11 is 0. The van der Waals surface area contributed by atoms with Crippen LogP contribution in [0.2, 0.25) is 0 Å². The van der Waals surface area contributed by atoms with Crippen LogP contribution in [-0.4, -0.2) is 28.6 Å². The van der Waals surface area contributed by atoms with E-state index in [1.54, 1.807) is 0 Å². The van der Waals surface area contributed by atoms with E-state index in [0.29, 0.717) is 6.54 Å². The van der Waals surface area contributed by atoms with Crippen LogP contribution in [0.3, 0.4) is 0 Å². The van der Waals surface area contributed by atoms with Gasteiger partial charge in [-0.2, -0.15) is 0 Å². The second-order valence-corrected chi connectivity index (χ2v) is 12.7. The zero-order valence-corrected chi connectivity index (χ0v) is 27.7. The summed E-state index contributed by atoms with van der Waals surface area (Å²) in [6.45, 7) is 6.55. The highest BCUT2D eigenvalue weighted by atomic mass is 16.7. The lowest BCUT2D eigenvalue weighted by molar-refractivity contribution is -0.276. The monoisotopic (exact) mass is 640 g/mol. The Kier molecular flexibility index (Phi) is 11.1. The molecule has 0 saturated carbocycles. The molecule has 5 aromatic carbocycles. The summed E-state index contributed by atoms with van der Waals surface area (Å²) in [4.78, 5) is 14.1. The van der Waals surface area contributed by atoms with Crippen molar-refractivity contribution >= 4 is 5.91 Å². The lowest BCUT2D eigenvalue weighted by Gasteiger charge is -2.43. The normalized spacial score (nSPS) is 19.2.